The summed E-state index contributed by atoms with van der Waals surface area (Å²) in [7, 11) is 0. The van der Waals surface area contributed by atoms with E-state index in [1.54, 1.807) is 13.8 Å². The standard InChI is InChI=1S/C13H16O4/c1-13(2,12(14)15)6-5-9-3-4-10-11(7-9)17-8-16-10/h3-4,7H,5-6,8H2,1-2H3,(H,14,15). The molecule has 17 heavy (non-hydrogen) atoms. The maximum atomic E-state index is 11.0. The molecule has 0 aliphatic carbocycles. The van der Waals surface area contributed by atoms with Crippen molar-refractivity contribution < 1.29 is 19.4 Å². The Morgan fingerprint density at radius 3 is 2.76 bits per heavy atom. The lowest BCUT2D eigenvalue weighted by Gasteiger charge is -2.18. The number of carboxylic acids is 1. The van der Waals surface area contributed by atoms with E-state index < -0.39 is 11.4 Å². The summed E-state index contributed by atoms with van der Waals surface area (Å²) >= 11 is 0. The third-order valence-corrected chi connectivity index (χ3v) is 3.05. The van der Waals surface area contributed by atoms with Crippen LogP contribution < -0.4 is 9.47 Å². The van der Waals surface area contributed by atoms with Gasteiger partial charge >= 0.3 is 5.97 Å². The van der Waals surface area contributed by atoms with Crippen LogP contribution >= 0.6 is 0 Å². The van der Waals surface area contributed by atoms with Crippen molar-refractivity contribution in [2.24, 2.45) is 5.41 Å². The van der Waals surface area contributed by atoms with Gasteiger partial charge in [0.1, 0.15) is 0 Å². The lowest BCUT2D eigenvalue weighted by atomic mass is 9.86. The maximum Gasteiger partial charge on any atom is 0.309 e. The zero-order valence-corrected chi connectivity index (χ0v) is 10.0. The highest BCUT2D eigenvalue weighted by molar-refractivity contribution is 5.73. The molecule has 0 unspecified atom stereocenters. The average Bonchev–Trinajstić information content (AvgIpc) is 2.73. The van der Waals surface area contributed by atoms with Crippen molar-refractivity contribution in [1.82, 2.24) is 0 Å². The van der Waals surface area contributed by atoms with Crippen LogP contribution in [0.5, 0.6) is 11.5 Å². The zero-order chi connectivity index (χ0) is 12.5. The van der Waals surface area contributed by atoms with Crippen molar-refractivity contribution in [3.63, 3.8) is 0 Å². The number of rotatable bonds is 4. The molecule has 0 amide bonds. The summed E-state index contributed by atoms with van der Waals surface area (Å²) < 4.78 is 10.5. The molecule has 0 bridgehead atoms. The van der Waals surface area contributed by atoms with Gasteiger partial charge in [-0.3, -0.25) is 4.79 Å². The van der Waals surface area contributed by atoms with Gasteiger partial charge in [0.2, 0.25) is 6.79 Å². The molecule has 4 heteroatoms. The third-order valence-electron chi connectivity index (χ3n) is 3.05. The topological polar surface area (TPSA) is 55.8 Å². The van der Waals surface area contributed by atoms with E-state index in [2.05, 4.69) is 0 Å². The Labute approximate surface area is 100 Å². The molecule has 1 aromatic rings. The highest BCUT2D eigenvalue weighted by atomic mass is 16.7. The molecule has 0 radical (unpaired) electrons. The van der Waals surface area contributed by atoms with Crippen LogP contribution in [0.1, 0.15) is 25.8 Å². The summed E-state index contributed by atoms with van der Waals surface area (Å²) in [6, 6.07) is 5.73. The molecule has 0 saturated carbocycles. The number of carboxylic acid groups (broad SMARTS) is 1. The van der Waals surface area contributed by atoms with Crippen molar-refractivity contribution in [2.45, 2.75) is 26.7 Å². The van der Waals surface area contributed by atoms with E-state index in [1.165, 1.54) is 0 Å². The molecule has 0 spiro atoms. The van der Waals surface area contributed by atoms with E-state index in [4.69, 9.17) is 14.6 Å². The molecule has 1 aliphatic heterocycles. The molecule has 4 nitrogen and oxygen atoms in total. The molecule has 1 aromatic carbocycles. The predicted molar refractivity (Wildman–Crippen MR) is 62.3 cm³/mol. The van der Waals surface area contributed by atoms with Crippen LogP contribution in [0.15, 0.2) is 18.2 Å². The Kier molecular flexibility index (Phi) is 2.96. The number of benzene rings is 1. The number of hydrogen-bond acceptors (Lipinski definition) is 3. The molecule has 0 fully saturated rings. The fourth-order valence-corrected chi connectivity index (χ4v) is 1.66. The first-order valence-electron chi connectivity index (χ1n) is 5.61. The highest BCUT2D eigenvalue weighted by Gasteiger charge is 2.26. The number of aliphatic carboxylic acids is 1. The minimum Gasteiger partial charge on any atom is -0.481 e. The molecule has 92 valence electrons. The fourth-order valence-electron chi connectivity index (χ4n) is 1.66. The lowest BCUT2D eigenvalue weighted by molar-refractivity contribution is -0.147. The SMILES string of the molecule is CC(C)(CCc1ccc2c(c1)OCO2)C(=O)O. The molecular formula is C13H16O4. The normalized spacial score (nSPS) is 13.8. The molecule has 1 N–H and O–H groups in total. The minimum absolute atomic E-state index is 0.263. The number of ether oxygens (including phenoxy) is 2. The van der Waals surface area contributed by atoms with Crippen molar-refractivity contribution in [3.05, 3.63) is 23.8 Å². The van der Waals surface area contributed by atoms with Gasteiger partial charge in [-0.25, -0.2) is 0 Å². The summed E-state index contributed by atoms with van der Waals surface area (Å²) in [5, 5.41) is 9.03. The van der Waals surface area contributed by atoms with Gasteiger partial charge < -0.3 is 14.6 Å². The number of carbonyl (C=O) groups is 1. The quantitative estimate of drug-likeness (QED) is 0.872. The summed E-state index contributed by atoms with van der Waals surface area (Å²) in [6.45, 7) is 3.74. The first-order chi connectivity index (χ1) is 7.99. The average molecular weight is 236 g/mol. The highest BCUT2D eigenvalue weighted by Crippen LogP contribution is 2.33. The first kappa shape index (κ1) is 11.8. The van der Waals surface area contributed by atoms with Crippen LogP contribution in [0.2, 0.25) is 0 Å². The zero-order valence-electron chi connectivity index (χ0n) is 10.0. The van der Waals surface area contributed by atoms with Crippen LogP contribution in [0.3, 0.4) is 0 Å². The van der Waals surface area contributed by atoms with Crippen molar-refractivity contribution in [1.29, 1.82) is 0 Å². The van der Waals surface area contributed by atoms with Gasteiger partial charge in [0, 0.05) is 0 Å². The van der Waals surface area contributed by atoms with Crippen LogP contribution in [0, 0.1) is 5.41 Å². The van der Waals surface area contributed by atoms with Gasteiger partial charge in [-0.05, 0) is 44.4 Å². The van der Waals surface area contributed by atoms with E-state index in [9.17, 15) is 4.79 Å². The molecule has 2 rings (SSSR count). The van der Waals surface area contributed by atoms with Gasteiger partial charge in [0.25, 0.3) is 0 Å². The van der Waals surface area contributed by atoms with Crippen molar-refractivity contribution in [2.75, 3.05) is 6.79 Å². The van der Waals surface area contributed by atoms with Crippen LogP contribution in [0.4, 0.5) is 0 Å². The van der Waals surface area contributed by atoms with Gasteiger partial charge in [-0.2, -0.15) is 0 Å². The minimum atomic E-state index is -0.766. The monoisotopic (exact) mass is 236 g/mol. The predicted octanol–water partition coefficient (Wildman–Crippen LogP) is 2.46. The first-order valence-corrected chi connectivity index (χ1v) is 5.61. The largest absolute Gasteiger partial charge is 0.481 e. The second-order valence-electron chi connectivity index (χ2n) is 4.88. The third kappa shape index (κ3) is 2.52. The van der Waals surface area contributed by atoms with Crippen LogP contribution in [-0.4, -0.2) is 17.9 Å². The number of fused-ring (bicyclic) bond motifs is 1. The van der Waals surface area contributed by atoms with Gasteiger partial charge in [0.15, 0.2) is 11.5 Å². The number of hydrogen-bond donors (Lipinski definition) is 1. The maximum absolute atomic E-state index is 11.0. The molecule has 0 atom stereocenters. The summed E-state index contributed by atoms with van der Waals surface area (Å²) in [6.07, 6.45) is 1.32. The Morgan fingerprint density at radius 1 is 1.35 bits per heavy atom. The molecular weight excluding hydrogens is 220 g/mol. The Hall–Kier alpha value is -1.71. The van der Waals surface area contributed by atoms with E-state index in [0.29, 0.717) is 6.42 Å². The molecule has 0 aromatic heterocycles. The van der Waals surface area contributed by atoms with E-state index in [1.807, 2.05) is 18.2 Å². The van der Waals surface area contributed by atoms with E-state index in [-0.39, 0.29) is 6.79 Å². The van der Waals surface area contributed by atoms with Crippen LogP contribution in [-0.2, 0) is 11.2 Å². The summed E-state index contributed by atoms with van der Waals surface area (Å²) in [5.74, 6) is 0.736. The Morgan fingerprint density at radius 2 is 2.06 bits per heavy atom. The fraction of sp³-hybridized carbons (Fsp3) is 0.462. The summed E-state index contributed by atoms with van der Waals surface area (Å²) in [5.41, 5.74) is 0.375. The van der Waals surface area contributed by atoms with Gasteiger partial charge in [0.05, 0.1) is 5.41 Å². The lowest BCUT2D eigenvalue weighted by Crippen LogP contribution is -2.24. The molecule has 1 heterocycles. The van der Waals surface area contributed by atoms with Crippen LogP contribution in [0.25, 0.3) is 0 Å². The molecule has 1 aliphatic rings. The second-order valence-corrected chi connectivity index (χ2v) is 4.88. The van der Waals surface area contributed by atoms with Gasteiger partial charge in [-0.15, -0.1) is 0 Å². The molecule has 0 saturated heterocycles. The smallest absolute Gasteiger partial charge is 0.309 e. The van der Waals surface area contributed by atoms with Gasteiger partial charge in [-0.1, -0.05) is 6.07 Å². The Bertz CT molecular complexity index is 437. The van der Waals surface area contributed by atoms with E-state index in [0.717, 1.165) is 23.5 Å². The van der Waals surface area contributed by atoms with Crippen molar-refractivity contribution in [3.8, 4) is 11.5 Å². The summed E-state index contributed by atoms with van der Waals surface area (Å²) in [4.78, 5) is 11.0. The Balaban J connectivity index is 2.03. The van der Waals surface area contributed by atoms with Crippen molar-refractivity contribution >= 4 is 5.97 Å². The second kappa shape index (κ2) is 4.28. The number of aryl methyl sites for hydroxylation is 1. The van der Waals surface area contributed by atoms with E-state index >= 15 is 0 Å².